The summed E-state index contributed by atoms with van der Waals surface area (Å²) >= 11 is 3.28. The molecule has 0 nitrogen and oxygen atoms in total. The van der Waals surface area contributed by atoms with Crippen LogP contribution in [0.1, 0.15) is 16.0 Å². The van der Waals surface area contributed by atoms with Crippen LogP contribution < -0.4 is 0 Å². The first-order valence-corrected chi connectivity index (χ1v) is 6.42. The summed E-state index contributed by atoms with van der Waals surface area (Å²) in [6.07, 6.45) is 0.408. The third kappa shape index (κ3) is 3.35. The van der Waals surface area contributed by atoms with Gasteiger partial charge in [-0.1, -0.05) is 28.1 Å². The molecule has 0 aromatic heterocycles. The van der Waals surface area contributed by atoms with Gasteiger partial charge in [0, 0.05) is 4.83 Å². The van der Waals surface area contributed by atoms with E-state index in [1.54, 1.807) is 12.1 Å². The predicted molar refractivity (Wildman–Crippen MR) is 68.1 cm³/mol. The zero-order chi connectivity index (χ0) is 14.0. The van der Waals surface area contributed by atoms with Gasteiger partial charge in [0.05, 0.1) is 0 Å². The number of benzene rings is 2. The van der Waals surface area contributed by atoms with E-state index < -0.39 is 17.5 Å². The molecule has 2 aromatic rings. The van der Waals surface area contributed by atoms with Crippen LogP contribution in [0.5, 0.6) is 0 Å². The Balaban J connectivity index is 2.20. The van der Waals surface area contributed by atoms with Crippen molar-refractivity contribution in [1.29, 1.82) is 0 Å². The fourth-order valence-corrected chi connectivity index (χ4v) is 2.34. The van der Waals surface area contributed by atoms with E-state index in [9.17, 15) is 17.6 Å². The summed E-state index contributed by atoms with van der Waals surface area (Å²) in [6, 6.07) is 7.67. The second-order valence-electron chi connectivity index (χ2n) is 4.10. The van der Waals surface area contributed by atoms with Gasteiger partial charge in [0.15, 0.2) is 17.5 Å². The van der Waals surface area contributed by atoms with Crippen LogP contribution in [-0.4, -0.2) is 0 Å². The number of hydrogen-bond donors (Lipinski definition) is 0. The minimum absolute atomic E-state index is 0.292. The molecule has 0 fully saturated rings. The molecule has 0 N–H and O–H groups in total. The van der Waals surface area contributed by atoms with Crippen LogP contribution in [0.25, 0.3) is 0 Å². The Hall–Kier alpha value is -1.36. The molecule has 0 radical (unpaired) electrons. The summed E-state index contributed by atoms with van der Waals surface area (Å²) in [5.74, 6) is -4.28. The first-order valence-electron chi connectivity index (χ1n) is 5.50. The van der Waals surface area contributed by atoms with Crippen LogP contribution in [0.4, 0.5) is 17.6 Å². The van der Waals surface area contributed by atoms with Gasteiger partial charge in [-0.05, 0) is 41.8 Å². The summed E-state index contributed by atoms with van der Waals surface area (Å²) in [7, 11) is 0. The number of rotatable bonds is 3. The van der Waals surface area contributed by atoms with Gasteiger partial charge < -0.3 is 0 Å². The maximum Gasteiger partial charge on any atom is 0.194 e. The van der Waals surface area contributed by atoms with Gasteiger partial charge in [0.2, 0.25) is 0 Å². The molecule has 0 saturated carbocycles. The first-order chi connectivity index (χ1) is 8.97. The van der Waals surface area contributed by atoms with E-state index in [1.165, 1.54) is 12.1 Å². The van der Waals surface area contributed by atoms with Crippen molar-refractivity contribution in [3.8, 4) is 0 Å². The molecule has 0 bridgehead atoms. The van der Waals surface area contributed by atoms with Crippen LogP contribution in [0, 0.1) is 23.3 Å². The second-order valence-corrected chi connectivity index (χ2v) is 5.20. The summed E-state index contributed by atoms with van der Waals surface area (Å²) in [5.41, 5.74) is 1.09. The van der Waals surface area contributed by atoms with Crippen molar-refractivity contribution in [3.63, 3.8) is 0 Å². The average molecular weight is 333 g/mol. The van der Waals surface area contributed by atoms with Crippen molar-refractivity contribution in [3.05, 3.63) is 70.8 Å². The molecule has 19 heavy (non-hydrogen) atoms. The lowest BCUT2D eigenvalue weighted by Gasteiger charge is -2.11. The van der Waals surface area contributed by atoms with Crippen molar-refractivity contribution in [1.82, 2.24) is 0 Å². The van der Waals surface area contributed by atoms with Crippen LogP contribution >= 0.6 is 15.9 Å². The minimum atomic E-state index is -1.48. The first kappa shape index (κ1) is 14.1. The lowest BCUT2D eigenvalue weighted by molar-refractivity contribution is 0.445. The van der Waals surface area contributed by atoms with Crippen molar-refractivity contribution < 1.29 is 17.6 Å². The standard InChI is InChI=1S/C14H9BrF4/c15-11(5-8-1-3-10(16)4-2-8)9-6-12(17)14(19)13(18)7-9/h1-4,6-7,11H,5H2. The summed E-state index contributed by atoms with van der Waals surface area (Å²) in [4.78, 5) is -0.387. The highest BCUT2D eigenvalue weighted by Crippen LogP contribution is 2.29. The predicted octanol–water partition coefficient (Wildman–Crippen LogP) is 4.92. The largest absolute Gasteiger partial charge is 0.207 e. The Morgan fingerprint density at radius 1 is 0.895 bits per heavy atom. The molecule has 0 aliphatic heterocycles. The molecule has 2 rings (SSSR count). The van der Waals surface area contributed by atoms with Gasteiger partial charge in [-0.25, -0.2) is 17.6 Å². The van der Waals surface area contributed by atoms with Crippen molar-refractivity contribution in [2.75, 3.05) is 0 Å². The Kier molecular flexibility index (Phi) is 4.24. The number of hydrogen-bond acceptors (Lipinski definition) is 0. The lowest BCUT2D eigenvalue weighted by atomic mass is 10.0. The molecule has 2 aromatic carbocycles. The second kappa shape index (κ2) is 5.74. The van der Waals surface area contributed by atoms with Crippen molar-refractivity contribution >= 4 is 15.9 Å². The van der Waals surface area contributed by atoms with E-state index in [2.05, 4.69) is 15.9 Å². The van der Waals surface area contributed by atoms with E-state index in [1.807, 2.05) is 0 Å². The van der Waals surface area contributed by atoms with E-state index in [-0.39, 0.29) is 10.6 Å². The Labute approximate surface area is 116 Å². The van der Waals surface area contributed by atoms with Gasteiger partial charge in [0.25, 0.3) is 0 Å². The van der Waals surface area contributed by atoms with Crippen LogP contribution in [0.15, 0.2) is 36.4 Å². The van der Waals surface area contributed by atoms with Gasteiger partial charge in [-0.2, -0.15) is 0 Å². The summed E-state index contributed by atoms with van der Waals surface area (Å²) in [6.45, 7) is 0. The van der Waals surface area contributed by atoms with Crippen molar-refractivity contribution in [2.24, 2.45) is 0 Å². The minimum Gasteiger partial charge on any atom is -0.207 e. The maximum atomic E-state index is 13.1. The molecule has 0 saturated heterocycles. The molecule has 1 unspecified atom stereocenters. The van der Waals surface area contributed by atoms with E-state index in [0.717, 1.165) is 17.7 Å². The molecule has 1 atom stereocenters. The lowest BCUT2D eigenvalue weighted by Crippen LogP contribution is -2.00. The molecule has 0 amide bonds. The monoisotopic (exact) mass is 332 g/mol. The maximum absolute atomic E-state index is 13.1. The van der Waals surface area contributed by atoms with Crippen molar-refractivity contribution in [2.45, 2.75) is 11.2 Å². The Morgan fingerprint density at radius 2 is 1.42 bits per heavy atom. The Bertz CT molecular complexity index is 557. The molecule has 0 spiro atoms. The Morgan fingerprint density at radius 3 is 1.95 bits per heavy atom. The summed E-state index contributed by atoms with van der Waals surface area (Å²) < 4.78 is 51.8. The van der Waals surface area contributed by atoms with E-state index in [4.69, 9.17) is 0 Å². The summed E-state index contributed by atoms with van der Waals surface area (Å²) in [5, 5.41) is 0. The van der Waals surface area contributed by atoms with E-state index in [0.29, 0.717) is 12.0 Å². The quantitative estimate of drug-likeness (QED) is 0.425. The highest BCUT2D eigenvalue weighted by atomic mass is 79.9. The highest BCUT2D eigenvalue weighted by molar-refractivity contribution is 9.09. The zero-order valence-corrected chi connectivity index (χ0v) is 11.2. The van der Waals surface area contributed by atoms with Crippen LogP contribution in [0.2, 0.25) is 0 Å². The van der Waals surface area contributed by atoms with E-state index >= 15 is 0 Å². The third-order valence-corrected chi connectivity index (χ3v) is 3.55. The molecule has 5 heteroatoms. The molecular weight excluding hydrogens is 324 g/mol. The molecule has 0 aliphatic carbocycles. The van der Waals surface area contributed by atoms with Gasteiger partial charge in [-0.3, -0.25) is 0 Å². The van der Waals surface area contributed by atoms with Crippen LogP contribution in [0.3, 0.4) is 0 Å². The molecule has 0 aliphatic rings. The molecular formula is C14H9BrF4. The fourth-order valence-electron chi connectivity index (χ4n) is 1.70. The number of halogens is 5. The average Bonchev–Trinajstić information content (AvgIpc) is 2.38. The van der Waals surface area contributed by atoms with Crippen LogP contribution in [-0.2, 0) is 6.42 Å². The van der Waals surface area contributed by atoms with Gasteiger partial charge in [0.1, 0.15) is 5.82 Å². The van der Waals surface area contributed by atoms with Gasteiger partial charge in [-0.15, -0.1) is 0 Å². The zero-order valence-electron chi connectivity index (χ0n) is 9.64. The van der Waals surface area contributed by atoms with Gasteiger partial charge >= 0.3 is 0 Å². The fraction of sp³-hybridized carbons (Fsp3) is 0.143. The normalized spacial score (nSPS) is 12.5. The smallest absolute Gasteiger partial charge is 0.194 e. The highest BCUT2D eigenvalue weighted by Gasteiger charge is 2.15. The SMILES string of the molecule is Fc1ccc(CC(Br)c2cc(F)c(F)c(F)c2)cc1. The number of alkyl halides is 1. The topological polar surface area (TPSA) is 0 Å². The molecule has 0 heterocycles. The molecule has 100 valence electrons. The third-order valence-electron chi connectivity index (χ3n) is 2.70.